The van der Waals surface area contributed by atoms with Crippen LogP contribution in [0.2, 0.25) is 0 Å². The normalized spacial score (nSPS) is 18.4. The summed E-state index contributed by atoms with van der Waals surface area (Å²) >= 11 is 0. The predicted octanol–water partition coefficient (Wildman–Crippen LogP) is 1.89. The molecule has 1 fully saturated rings. The maximum Gasteiger partial charge on any atom is 0.191 e. The van der Waals surface area contributed by atoms with Gasteiger partial charge in [0.25, 0.3) is 0 Å². The van der Waals surface area contributed by atoms with Gasteiger partial charge in [0.2, 0.25) is 0 Å². The van der Waals surface area contributed by atoms with Crippen LogP contribution in [0.5, 0.6) is 0 Å². The number of guanidine groups is 1. The van der Waals surface area contributed by atoms with Crippen molar-refractivity contribution in [2.24, 2.45) is 4.99 Å². The maximum absolute atomic E-state index is 13.8. The van der Waals surface area contributed by atoms with E-state index in [1.165, 1.54) is 6.07 Å². The molecule has 1 aromatic carbocycles. The highest BCUT2D eigenvalue weighted by atomic mass is 127. The van der Waals surface area contributed by atoms with Crippen molar-refractivity contribution in [2.45, 2.75) is 12.8 Å². The van der Waals surface area contributed by atoms with Gasteiger partial charge in [0.15, 0.2) is 5.96 Å². The van der Waals surface area contributed by atoms with E-state index < -0.39 is 0 Å². The Labute approximate surface area is 160 Å². The zero-order valence-electron chi connectivity index (χ0n) is 14.0. The van der Waals surface area contributed by atoms with Crippen LogP contribution in [0.4, 0.5) is 10.1 Å². The van der Waals surface area contributed by atoms with E-state index in [0.717, 1.165) is 76.8 Å². The molecule has 7 heteroatoms. The van der Waals surface area contributed by atoms with Gasteiger partial charge in [0.05, 0.1) is 5.69 Å². The molecule has 2 heterocycles. The number of aliphatic imine (C=N–C) groups is 1. The molecule has 1 saturated heterocycles. The minimum atomic E-state index is -0.120. The first kappa shape index (κ1) is 19.2. The Kier molecular flexibility index (Phi) is 8.04. The summed E-state index contributed by atoms with van der Waals surface area (Å²) in [6.45, 7) is 7.73. The Morgan fingerprint density at radius 3 is 2.67 bits per heavy atom. The lowest BCUT2D eigenvalue weighted by atomic mass is 10.2. The Bertz CT molecular complexity index is 531. The van der Waals surface area contributed by atoms with E-state index >= 15 is 0 Å². The smallest absolute Gasteiger partial charge is 0.191 e. The summed E-state index contributed by atoms with van der Waals surface area (Å²) < 4.78 is 13.8. The predicted molar refractivity (Wildman–Crippen MR) is 108 cm³/mol. The third-order valence-corrected chi connectivity index (χ3v) is 4.41. The molecule has 3 rings (SSSR count). The summed E-state index contributed by atoms with van der Waals surface area (Å²) in [5.41, 5.74) is 0.732. The minimum Gasteiger partial charge on any atom is -0.367 e. The number of benzene rings is 1. The average Bonchev–Trinajstić information content (AvgIpc) is 2.61. The van der Waals surface area contributed by atoms with Gasteiger partial charge in [0.1, 0.15) is 5.82 Å². The van der Waals surface area contributed by atoms with Crippen LogP contribution in [0.25, 0.3) is 0 Å². The molecule has 0 spiro atoms. The summed E-state index contributed by atoms with van der Waals surface area (Å²) in [4.78, 5) is 9.00. The SMILES string of the molecule is Fc1ccccc1N1CCN(CCCNC2=NCCCN2)CC1.I. The van der Waals surface area contributed by atoms with Crippen molar-refractivity contribution in [3.8, 4) is 0 Å². The number of rotatable bonds is 5. The highest BCUT2D eigenvalue weighted by molar-refractivity contribution is 14.0. The number of halogens is 2. The van der Waals surface area contributed by atoms with Gasteiger partial charge >= 0.3 is 0 Å². The van der Waals surface area contributed by atoms with Gasteiger partial charge in [-0.05, 0) is 31.5 Å². The van der Waals surface area contributed by atoms with Crippen LogP contribution in [0.15, 0.2) is 29.3 Å². The van der Waals surface area contributed by atoms with Gasteiger partial charge in [-0.3, -0.25) is 9.89 Å². The van der Waals surface area contributed by atoms with Crippen LogP contribution in [0, 0.1) is 5.82 Å². The Hall–Kier alpha value is -1.09. The number of hydrogen-bond donors (Lipinski definition) is 2. The van der Waals surface area contributed by atoms with Crippen molar-refractivity contribution < 1.29 is 4.39 Å². The number of nitrogens with one attached hydrogen (secondary N) is 2. The monoisotopic (exact) mass is 447 g/mol. The lowest BCUT2D eigenvalue weighted by molar-refractivity contribution is 0.254. The molecule has 0 aliphatic carbocycles. The molecule has 134 valence electrons. The van der Waals surface area contributed by atoms with Crippen LogP contribution in [-0.2, 0) is 0 Å². The summed E-state index contributed by atoms with van der Waals surface area (Å²) in [5, 5.41) is 6.63. The molecule has 0 radical (unpaired) electrons. The summed E-state index contributed by atoms with van der Waals surface area (Å²) in [7, 11) is 0. The molecule has 2 aliphatic rings. The number of nitrogens with zero attached hydrogens (tertiary/aromatic N) is 3. The molecular weight excluding hydrogens is 420 g/mol. The summed E-state index contributed by atoms with van der Waals surface area (Å²) in [6.07, 6.45) is 2.22. The Balaban J connectivity index is 0.00000208. The molecule has 2 N–H and O–H groups in total. The standard InChI is InChI=1S/C17H26FN5.HI/c18-15-5-1-2-6-16(15)23-13-11-22(12-14-23)10-4-9-21-17-19-7-3-8-20-17;/h1-2,5-6H,3-4,7-14H2,(H2,19,20,21);1H. The molecule has 24 heavy (non-hydrogen) atoms. The van der Waals surface area contributed by atoms with Crippen LogP contribution in [0.1, 0.15) is 12.8 Å². The van der Waals surface area contributed by atoms with Crippen molar-refractivity contribution >= 4 is 35.6 Å². The second-order valence-corrected chi connectivity index (χ2v) is 6.07. The minimum absolute atomic E-state index is 0. The number of hydrogen-bond acceptors (Lipinski definition) is 5. The molecule has 0 amide bonds. The number of anilines is 1. The first-order chi connectivity index (χ1) is 11.3. The fourth-order valence-corrected chi connectivity index (χ4v) is 3.08. The largest absolute Gasteiger partial charge is 0.367 e. The fraction of sp³-hybridized carbons (Fsp3) is 0.588. The van der Waals surface area contributed by atoms with Gasteiger partial charge in [-0.1, -0.05) is 12.1 Å². The quantitative estimate of drug-likeness (QED) is 0.535. The molecule has 1 aromatic rings. The molecule has 0 unspecified atom stereocenters. The van der Waals surface area contributed by atoms with E-state index in [4.69, 9.17) is 0 Å². The van der Waals surface area contributed by atoms with Gasteiger partial charge in [-0.25, -0.2) is 4.39 Å². The molecule has 5 nitrogen and oxygen atoms in total. The summed E-state index contributed by atoms with van der Waals surface area (Å²) in [6, 6.07) is 7.05. The fourth-order valence-electron chi connectivity index (χ4n) is 3.08. The first-order valence-electron chi connectivity index (χ1n) is 8.57. The molecule has 0 bridgehead atoms. The van der Waals surface area contributed by atoms with Crippen molar-refractivity contribution in [1.82, 2.24) is 15.5 Å². The van der Waals surface area contributed by atoms with E-state index in [0.29, 0.717) is 0 Å². The van der Waals surface area contributed by atoms with E-state index in [9.17, 15) is 4.39 Å². The van der Waals surface area contributed by atoms with E-state index in [-0.39, 0.29) is 29.8 Å². The van der Waals surface area contributed by atoms with E-state index in [1.54, 1.807) is 6.07 Å². The molecule has 2 aliphatic heterocycles. The molecular formula is C17H27FIN5. The van der Waals surface area contributed by atoms with Gasteiger partial charge in [-0.15, -0.1) is 24.0 Å². The topological polar surface area (TPSA) is 42.9 Å². The Morgan fingerprint density at radius 1 is 1.17 bits per heavy atom. The maximum atomic E-state index is 13.8. The Morgan fingerprint density at radius 2 is 1.96 bits per heavy atom. The molecule has 0 atom stereocenters. The lowest BCUT2D eigenvalue weighted by Gasteiger charge is -2.36. The van der Waals surface area contributed by atoms with Crippen molar-refractivity contribution in [3.63, 3.8) is 0 Å². The second kappa shape index (κ2) is 10.0. The highest BCUT2D eigenvalue weighted by Gasteiger charge is 2.18. The highest BCUT2D eigenvalue weighted by Crippen LogP contribution is 2.20. The van der Waals surface area contributed by atoms with E-state index in [2.05, 4.69) is 25.4 Å². The van der Waals surface area contributed by atoms with Gasteiger partial charge in [0, 0.05) is 45.8 Å². The lowest BCUT2D eigenvalue weighted by Crippen LogP contribution is -2.47. The summed E-state index contributed by atoms with van der Waals surface area (Å²) in [5.74, 6) is 0.825. The molecule has 0 aromatic heterocycles. The van der Waals surface area contributed by atoms with Gasteiger partial charge in [-0.2, -0.15) is 0 Å². The van der Waals surface area contributed by atoms with Crippen LogP contribution in [0.3, 0.4) is 0 Å². The average molecular weight is 447 g/mol. The second-order valence-electron chi connectivity index (χ2n) is 6.07. The zero-order chi connectivity index (χ0) is 15.9. The first-order valence-corrected chi connectivity index (χ1v) is 8.57. The van der Waals surface area contributed by atoms with Crippen LogP contribution >= 0.6 is 24.0 Å². The number of para-hydroxylation sites is 1. The van der Waals surface area contributed by atoms with Crippen molar-refractivity contribution in [1.29, 1.82) is 0 Å². The molecule has 0 saturated carbocycles. The van der Waals surface area contributed by atoms with Crippen LogP contribution < -0.4 is 15.5 Å². The van der Waals surface area contributed by atoms with Crippen molar-refractivity contribution in [2.75, 3.05) is 57.3 Å². The van der Waals surface area contributed by atoms with Crippen LogP contribution in [-0.4, -0.2) is 63.2 Å². The zero-order valence-corrected chi connectivity index (χ0v) is 16.3. The number of piperazine rings is 1. The third-order valence-electron chi connectivity index (χ3n) is 4.41. The third kappa shape index (κ3) is 5.47. The van der Waals surface area contributed by atoms with Crippen molar-refractivity contribution in [3.05, 3.63) is 30.1 Å². The van der Waals surface area contributed by atoms with E-state index in [1.807, 2.05) is 12.1 Å². The van der Waals surface area contributed by atoms with Gasteiger partial charge < -0.3 is 15.5 Å².